The highest BCUT2D eigenvalue weighted by Crippen LogP contribution is 2.10. The first-order valence-corrected chi connectivity index (χ1v) is 3.73. The Morgan fingerprint density at radius 3 is 2.83 bits per heavy atom. The van der Waals surface area contributed by atoms with Gasteiger partial charge in [-0.3, -0.25) is 9.78 Å². The lowest BCUT2D eigenvalue weighted by molar-refractivity contribution is 1.12. The van der Waals surface area contributed by atoms with Gasteiger partial charge in [-0.05, 0) is 6.08 Å². The largest absolute Gasteiger partial charge is 0.369 e. The zero-order chi connectivity index (χ0) is 9.14. The third-order valence-corrected chi connectivity index (χ3v) is 1.26. The second-order valence-corrected chi connectivity index (χ2v) is 3.00. The number of nitrogen functional groups attached to an aromatic ring is 1. The van der Waals surface area contributed by atoms with Gasteiger partial charge in [0.05, 0.1) is 5.69 Å². The molecule has 1 aromatic rings. The van der Waals surface area contributed by atoms with Crippen molar-refractivity contribution < 1.29 is 0 Å². The van der Waals surface area contributed by atoms with Crippen LogP contribution in [0.1, 0.15) is 5.69 Å². The number of aromatic amines is 1. The average Bonchev–Trinajstić information content (AvgIpc) is 1.81. The van der Waals surface area contributed by atoms with Gasteiger partial charge < -0.3 is 5.73 Å². The summed E-state index contributed by atoms with van der Waals surface area (Å²) in [4.78, 5) is 16.8. The summed E-state index contributed by atoms with van der Waals surface area (Å²) in [6.07, 6.45) is 1.33. The fourth-order valence-corrected chi connectivity index (χ4v) is 0.905. The SMILES string of the molecule is Nc1nc(C=C(Cl)Cl)cc(=O)[nH]1. The first-order chi connectivity index (χ1) is 5.58. The van der Waals surface area contributed by atoms with Crippen LogP contribution in [0.15, 0.2) is 15.4 Å². The van der Waals surface area contributed by atoms with E-state index in [1.807, 2.05) is 0 Å². The molecule has 0 saturated carbocycles. The molecule has 1 aromatic heterocycles. The van der Waals surface area contributed by atoms with Crippen LogP contribution in [0.2, 0.25) is 0 Å². The maximum atomic E-state index is 10.8. The van der Waals surface area contributed by atoms with Crippen LogP contribution in [-0.2, 0) is 0 Å². The highest BCUT2D eigenvalue weighted by atomic mass is 35.5. The molecule has 1 rings (SSSR count). The Morgan fingerprint density at radius 1 is 1.67 bits per heavy atom. The molecule has 6 heteroatoms. The van der Waals surface area contributed by atoms with Crippen molar-refractivity contribution in [3.05, 3.63) is 26.6 Å². The molecule has 0 fully saturated rings. The number of nitrogens with two attached hydrogens (primary N) is 1. The van der Waals surface area contributed by atoms with Crippen LogP contribution in [0.25, 0.3) is 6.08 Å². The number of H-pyrrole nitrogens is 1. The van der Waals surface area contributed by atoms with E-state index in [4.69, 9.17) is 28.9 Å². The zero-order valence-electron chi connectivity index (χ0n) is 5.84. The molecule has 1 heterocycles. The van der Waals surface area contributed by atoms with E-state index >= 15 is 0 Å². The Kier molecular flexibility index (Phi) is 2.73. The zero-order valence-corrected chi connectivity index (χ0v) is 7.36. The van der Waals surface area contributed by atoms with Crippen molar-refractivity contribution in [1.29, 1.82) is 0 Å². The van der Waals surface area contributed by atoms with Gasteiger partial charge in [-0.1, -0.05) is 23.2 Å². The quantitative estimate of drug-likeness (QED) is 0.723. The molecule has 12 heavy (non-hydrogen) atoms. The molecule has 0 unspecified atom stereocenters. The minimum atomic E-state index is -0.344. The van der Waals surface area contributed by atoms with Crippen molar-refractivity contribution in [2.45, 2.75) is 0 Å². The predicted octanol–water partition coefficient (Wildman–Crippen LogP) is 1.13. The fraction of sp³-hybridized carbons (Fsp3) is 0. The smallest absolute Gasteiger partial charge is 0.252 e. The number of hydrogen-bond donors (Lipinski definition) is 2. The summed E-state index contributed by atoms with van der Waals surface area (Å²) in [5.41, 5.74) is 5.24. The summed E-state index contributed by atoms with van der Waals surface area (Å²) in [6.45, 7) is 0. The summed E-state index contributed by atoms with van der Waals surface area (Å²) in [6, 6.07) is 1.24. The van der Waals surface area contributed by atoms with Crippen LogP contribution in [0, 0.1) is 0 Å². The Bertz CT molecular complexity index is 367. The van der Waals surface area contributed by atoms with E-state index in [1.165, 1.54) is 12.1 Å². The number of anilines is 1. The van der Waals surface area contributed by atoms with Crippen molar-refractivity contribution in [3.63, 3.8) is 0 Å². The molecule has 0 aliphatic carbocycles. The number of nitrogens with one attached hydrogen (secondary N) is 1. The van der Waals surface area contributed by atoms with Crippen LogP contribution in [-0.4, -0.2) is 9.97 Å². The maximum absolute atomic E-state index is 10.8. The van der Waals surface area contributed by atoms with E-state index in [0.29, 0.717) is 5.69 Å². The van der Waals surface area contributed by atoms with E-state index in [1.54, 1.807) is 0 Å². The van der Waals surface area contributed by atoms with Gasteiger partial charge in [-0.15, -0.1) is 0 Å². The topological polar surface area (TPSA) is 71.8 Å². The van der Waals surface area contributed by atoms with Crippen molar-refractivity contribution in [3.8, 4) is 0 Å². The number of aromatic nitrogens is 2. The molecular formula is C6H5Cl2N3O. The number of hydrogen-bond acceptors (Lipinski definition) is 3. The third-order valence-electron chi connectivity index (χ3n) is 1.04. The molecule has 0 amide bonds. The maximum Gasteiger partial charge on any atom is 0.252 e. The lowest BCUT2D eigenvalue weighted by Crippen LogP contribution is -2.10. The minimum absolute atomic E-state index is 0.0208. The van der Waals surface area contributed by atoms with Crippen LogP contribution < -0.4 is 11.3 Å². The van der Waals surface area contributed by atoms with Crippen molar-refractivity contribution in [1.82, 2.24) is 9.97 Å². The molecule has 0 saturated heterocycles. The van der Waals surface area contributed by atoms with Crippen molar-refractivity contribution >= 4 is 35.2 Å². The first-order valence-electron chi connectivity index (χ1n) is 2.97. The number of halogens is 2. The van der Waals surface area contributed by atoms with Crippen LogP contribution in [0.5, 0.6) is 0 Å². The predicted molar refractivity (Wildman–Crippen MR) is 49.0 cm³/mol. The molecule has 0 aliphatic rings. The molecule has 4 nitrogen and oxygen atoms in total. The summed E-state index contributed by atoms with van der Waals surface area (Å²) >= 11 is 10.7. The summed E-state index contributed by atoms with van der Waals surface area (Å²) in [5.74, 6) is 0.0309. The van der Waals surface area contributed by atoms with Crippen molar-refractivity contribution in [2.75, 3.05) is 5.73 Å². The van der Waals surface area contributed by atoms with E-state index in [0.717, 1.165) is 0 Å². The summed E-state index contributed by atoms with van der Waals surface area (Å²) < 4.78 is 0.0208. The normalized spacial score (nSPS) is 9.50. The monoisotopic (exact) mass is 205 g/mol. The van der Waals surface area contributed by atoms with Gasteiger partial charge in [0.25, 0.3) is 5.56 Å². The van der Waals surface area contributed by atoms with E-state index in [-0.39, 0.29) is 16.0 Å². The minimum Gasteiger partial charge on any atom is -0.369 e. The second-order valence-electron chi connectivity index (χ2n) is 1.99. The van der Waals surface area contributed by atoms with Gasteiger partial charge in [0, 0.05) is 6.07 Å². The molecule has 0 spiro atoms. The molecule has 0 atom stereocenters. The number of rotatable bonds is 1. The van der Waals surface area contributed by atoms with Crippen molar-refractivity contribution in [2.24, 2.45) is 0 Å². The third kappa shape index (κ3) is 2.56. The Labute approximate surface area is 78.0 Å². The second kappa shape index (κ2) is 3.60. The van der Waals surface area contributed by atoms with Crippen LogP contribution in [0.4, 0.5) is 5.95 Å². The fourth-order valence-electron chi connectivity index (χ4n) is 0.682. The molecular weight excluding hydrogens is 201 g/mol. The molecule has 64 valence electrons. The van der Waals surface area contributed by atoms with Gasteiger partial charge in [0.15, 0.2) is 0 Å². The molecule has 3 N–H and O–H groups in total. The highest BCUT2D eigenvalue weighted by molar-refractivity contribution is 6.57. The van der Waals surface area contributed by atoms with Crippen LogP contribution in [0.3, 0.4) is 0 Å². The lowest BCUT2D eigenvalue weighted by atomic mass is 10.4. The Balaban J connectivity index is 3.18. The van der Waals surface area contributed by atoms with E-state index in [2.05, 4.69) is 9.97 Å². The van der Waals surface area contributed by atoms with Gasteiger partial charge in [-0.2, -0.15) is 0 Å². The molecule has 0 bridgehead atoms. The molecule has 0 aliphatic heterocycles. The van der Waals surface area contributed by atoms with Gasteiger partial charge >= 0.3 is 0 Å². The summed E-state index contributed by atoms with van der Waals surface area (Å²) in [5, 5.41) is 0. The van der Waals surface area contributed by atoms with Gasteiger partial charge in [0.2, 0.25) is 5.95 Å². The lowest BCUT2D eigenvalue weighted by Gasteiger charge is -1.93. The highest BCUT2D eigenvalue weighted by Gasteiger charge is 1.95. The Hall–Kier alpha value is -1.00. The summed E-state index contributed by atoms with van der Waals surface area (Å²) in [7, 11) is 0. The average molecular weight is 206 g/mol. The molecule has 0 aromatic carbocycles. The van der Waals surface area contributed by atoms with Crippen LogP contribution >= 0.6 is 23.2 Å². The number of nitrogens with zero attached hydrogens (tertiary/aromatic N) is 1. The van der Waals surface area contributed by atoms with E-state index < -0.39 is 0 Å². The van der Waals surface area contributed by atoms with Gasteiger partial charge in [0.1, 0.15) is 4.49 Å². The van der Waals surface area contributed by atoms with E-state index in [9.17, 15) is 4.79 Å². The molecule has 0 radical (unpaired) electrons. The standard InChI is InChI=1S/C6H5Cl2N3O/c7-4(8)1-3-2-5(12)11-6(9)10-3/h1-2H,(H3,9,10,11,12). The Morgan fingerprint density at radius 2 is 2.33 bits per heavy atom. The van der Waals surface area contributed by atoms with Gasteiger partial charge in [-0.25, -0.2) is 4.98 Å². The first kappa shape index (κ1) is 9.09.